The summed E-state index contributed by atoms with van der Waals surface area (Å²) in [5.74, 6) is 1.25. The quantitative estimate of drug-likeness (QED) is 0.370. The van der Waals surface area contributed by atoms with Crippen molar-refractivity contribution in [2.75, 3.05) is 26.3 Å². The zero-order valence-electron chi connectivity index (χ0n) is 18.1. The Hall–Kier alpha value is -2.82. The molecule has 30 heavy (non-hydrogen) atoms. The first kappa shape index (κ1) is 21.9. The third-order valence-electron chi connectivity index (χ3n) is 5.17. The van der Waals surface area contributed by atoms with Gasteiger partial charge in [-0.3, -0.25) is 0 Å². The number of fused-ring (bicyclic) bond motifs is 3. The van der Waals surface area contributed by atoms with Crippen LogP contribution in [0.4, 0.5) is 0 Å². The Morgan fingerprint density at radius 1 is 0.900 bits per heavy atom. The molecule has 1 atom stereocenters. The summed E-state index contributed by atoms with van der Waals surface area (Å²) in [6, 6.07) is 22.8. The number of aryl methyl sites for hydroxylation is 2. The summed E-state index contributed by atoms with van der Waals surface area (Å²) in [5, 5.41) is 14.7. The number of ether oxygens (including phenoxy) is 1. The molecule has 0 unspecified atom stereocenters. The van der Waals surface area contributed by atoms with E-state index in [1.54, 1.807) is 0 Å². The van der Waals surface area contributed by atoms with Gasteiger partial charge in [0.2, 0.25) is 0 Å². The van der Waals surface area contributed by atoms with Crippen molar-refractivity contribution < 1.29 is 9.84 Å². The van der Waals surface area contributed by atoms with E-state index in [1.165, 1.54) is 27.4 Å². The van der Waals surface area contributed by atoms with Crippen LogP contribution in [0.25, 0.3) is 21.8 Å². The van der Waals surface area contributed by atoms with Crippen molar-refractivity contribution in [3.8, 4) is 5.75 Å². The summed E-state index contributed by atoms with van der Waals surface area (Å²) < 4.78 is 5.63. The molecule has 0 bridgehead atoms. The van der Waals surface area contributed by atoms with Gasteiger partial charge in [0.15, 0.2) is 0 Å². The van der Waals surface area contributed by atoms with Gasteiger partial charge < -0.3 is 20.1 Å². The molecule has 4 rings (SSSR count). The molecule has 0 saturated heterocycles. The highest BCUT2D eigenvalue weighted by atomic mass is 16.5. The molecule has 4 heteroatoms. The molecule has 3 N–H and O–H groups in total. The molecule has 0 saturated carbocycles. The van der Waals surface area contributed by atoms with E-state index in [4.69, 9.17) is 9.84 Å². The Balaban J connectivity index is 0.000000171. The molecule has 158 valence electrons. The third-order valence-corrected chi connectivity index (χ3v) is 5.17. The van der Waals surface area contributed by atoms with Crippen LogP contribution in [0.1, 0.15) is 18.1 Å². The van der Waals surface area contributed by atoms with Gasteiger partial charge in [0.05, 0.1) is 0 Å². The number of para-hydroxylation sites is 2. The fourth-order valence-electron chi connectivity index (χ4n) is 3.45. The van der Waals surface area contributed by atoms with E-state index in [9.17, 15) is 0 Å². The molecule has 4 nitrogen and oxygen atoms in total. The van der Waals surface area contributed by atoms with Crippen LogP contribution in [0, 0.1) is 19.8 Å². The Kier molecular flexibility index (Phi) is 7.89. The van der Waals surface area contributed by atoms with Gasteiger partial charge in [0.1, 0.15) is 12.4 Å². The van der Waals surface area contributed by atoms with E-state index >= 15 is 0 Å². The second-order valence-electron chi connectivity index (χ2n) is 7.77. The van der Waals surface area contributed by atoms with Gasteiger partial charge in [-0.25, -0.2) is 0 Å². The van der Waals surface area contributed by atoms with E-state index < -0.39 is 0 Å². The van der Waals surface area contributed by atoms with Gasteiger partial charge in [-0.1, -0.05) is 55.5 Å². The van der Waals surface area contributed by atoms with Crippen LogP contribution in [-0.4, -0.2) is 36.4 Å². The van der Waals surface area contributed by atoms with Crippen molar-refractivity contribution in [2.24, 2.45) is 5.92 Å². The number of nitrogens with one attached hydrogen (secondary N) is 2. The second kappa shape index (κ2) is 10.8. The number of aromatic nitrogens is 1. The number of aliphatic hydroxyl groups excluding tert-OH is 1. The summed E-state index contributed by atoms with van der Waals surface area (Å²) in [7, 11) is 0. The SMILES string of the molecule is Cc1cccc2[nH]c3ccccc3c12.Cc1ccccc1OCCNC[C@@H](C)CO. The number of hydrogen-bond donors (Lipinski definition) is 3. The monoisotopic (exact) mass is 404 g/mol. The van der Waals surface area contributed by atoms with Gasteiger partial charge in [-0.2, -0.15) is 0 Å². The zero-order chi connectivity index (χ0) is 21.3. The van der Waals surface area contributed by atoms with Crippen molar-refractivity contribution in [3.05, 3.63) is 77.9 Å². The molecule has 0 spiro atoms. The highest BCUT2D eigenvalue weighted by molar-refractivity contribution is 6.08. The first-order valence-corrected chi connectivity index (χ1v) is 10.6. The van der Waals surface area contributed by atoms with Crippen LogP contribution in [0.3, 0.4) is 0 Å². The maximum absolute atomic E-state index is 8.83. The van der Waals surface area contributed by atoms with Crippen molar-refractivity contribution in [1.29, 1.82) is 0 Å². The molecule has 1 aromatic heterocycles. The number of benzene rings is 3. The minimum Gasteiger partial charge on any atom is -0.492 e. The lowest BCUT2D eigenvalue weighted by Gasteiger charge is -2.11. The predicted molar refractivity (Wildman–Crippen MR) is 126 cm³/mol. The molecular formula is C26H32N2O2. The van der Waals surface area contributed by atoms with Crippen LogP contribution < -0.4 is 10.1 Å². The number of hydrogen-bond acceptors (Lipinski definition) is 3. The standard InChI is InChI=1S/C13H21NO2.C13H11N/c1-11(10-15)9-14-7-8-16-13-6-4-3-5-12(13)2;1-9-5-4-8-12-13(9)10-6-2-3-7-11(10)14-12/h3-6,11,14-15H,7-10H2,1-2H3;2-8,14H,1H3/t11-;/m1./s1. The molecule has 0 amide bonds. The Morgan fingerprint density at radius 2 is 1.60 bits per heavy atom. The average molecular weight is 405 g/mol. The van der Waals surface area contributed by atoms with E-state index in [0.29, 0.717) is 12.5 Å². The molecule has 0 aliphatic heterocycles. The minimum absolute atomic E-state index is 0.228. The average Bonchev–Trinajstić information content (AvgIpc) is 3.15. The summed E-state index contributed by atoms with van der Waals surface area (Å²) in [4.78, 5) is 3.42. The van der Waals surface area contributed by atoms with E-state index in [1.807, 2.05) is 38.1 Å². The first-order chi connectivity index (χ1) is 14.6. The third kappa shape index (κ3) is 5.62. The molecule has 0 radical (unpaired) electrons. The van der Waals surface area contributed by atoms with Crippen molar-refractivity contribution in [2.45, 2.75) is 20.8 Å². The number of H-pyrrole nitrogens is 1. The molecule has 1 heterocycles. The summed E-state index contributed by atoms with van der Waals surface area (Å²) >= 11 is 0. The van der Waals surface area contributed by atoms with Gasteiger partial charge in [0.25, 0.3) is 0 Å². The predicted octanol–water partition coefficient (Wildman–Crippen LogP) is 5.22. The second-order valence-corrected chi connectivity index (χ2v) is 7.77. The largest absolute Gasteiger partial charge is 0.492 e. The van der Waals surface area contributed by atoms with Gasteiger partial charge in [-0.15, -0.1) is 0 Å². The number of aromatic amines is 1. The summed E-state index contributed by atoms with van der Waals surface area (Å²) in [6.45, 7) is 8.72. The van der Waals surface area contributed by atoms with Crippen LogP contribution in [0.2, 0.25) is 0 Å². The minimum atomic E-state index is 0.228. The first-order valence-electron chi connectivity index (χ1n) is 10.6. The summed E-state index contributed by atoms with van der Waals surface area (Å²) in [6.07, 6.45) is 0. The molecule has 0 fully saturated rings. The van der Waals surface area contributed by atoms with Crippen molar-refractivity contribution in [3.63, 3.8) is 0 Å². The highest BCUT2D eigenvalue weighted by Gasteiger charge is 2.04. The lowest BCUT2D eigenvalue weighted by molar-refractivity contribution is 0.230. The van der Waals surface area contributed by atoms with Crippen molar-refractivity contribution >= 4 is 21.8 Å². The molecule has 4 aromatic rings. The van der Waals surface area contributed by atoms with E-state index in [0.717, 1.165) is 24.4 Å². The smallest absolute Gasteiger partial charge is 0.122 e. The maximum atomic E-state index is 8.83. The fourth-order valence-corrected chi connectivity index (χ4v) is 3.45. The van der Waals surface area contributed by atoms with Gasteiger partial charge >= 0.3 is 0 Å². The van der Waals surface area contributed by atoms with Crippen LogP contribution in [-0.2, 0) is 0 Å². The van der Waals surface area contributed by atoms with Gasteiger partial charge in [0, 0.05) is 41.5 Å². The topological polar surface area (TPSA) is 57.3 Å². The fraction of sp³-hybridized carbons (Fsp3) is 0.308. The van der Waals surface area contributed by atoms with Gasteiger partial charge in [-0.05, 0) is 49.1 Å². The zero-order valence-corrected chi connectivity index (χ0v) is 18.1. The molecular weight excluding hydrogens is 372 g/mol. The molecule has 0 aliphatic rings. The Morgan fingerprint density at radius 3 is 2.40 bits per heavy atom. The highest BCUT2D eigenvalue weighted by Crippen LogP contribution is 2.27. The molecule has 3 aromatic carbocycles. The van der Waals surface area contributed by atoms with E-state index in [-0.39, 0.29) is 6.61 Å². The van der Waals surface area contributed by atoms with E-state index in [2.05, 4.69) is 59.7 Å². The normalized spacial score (nSPS) is 11.9. The lowest BCUT2D eigenvalue weighted by atomic mass is 10.1. The molecule has 0 aliphatic carbocycles. The maximum Gasteiger partial charge on any atom is 0.122 e. The van der Waals surface area contributed by atoms with Crippen LogP contribution >= 0.6 is 0 Å². The van der Waals surface area contributed by atoms with Crippen molar-refractivity contribution in [1.82, 2.24) is 10.3 Å². The number of aliphatic hydroxyl groups is 1. The Bertz CT molecular complexity index is 1070. The van der Waals surface area contributed by atoms with Crippen LogP contribution in [0.15, 0.2) is 66.7 Å². The van der Waals surface area contributed by atoms with Crippen LogP contribution in [0.5, 0.6) is 5.75 Å². The Labute approximate surface area is 178 Å². The summed E-state index contributed by atoms with van der Waals surface area (Å²) in [5.41, 5.74) is 4.94. The lowest BCUT2D eigenvalue weighted by Crippen LogP contribution is -2.27. The number of rotatable bonds is 7.